The summed E-state index contributed by atoms with van der Waals surface area (Å²) in [5.74, 6) is -1.41. The fourth-order valence-corrected chi connectivity index (χ4v) is 3.65. The third-order valence-corrected chi connectivity index (χ3v) is 5.67. The number of nitrogens with zero attached hydrogens (tertiary/aromatic N) is 1. The van der Waals surface area contributed by atoms with E-state index in [2.05, 4.69) is 79.1 Å². The van der Waals surface area contributed by atoms with Crippen molar-refractivity contribution in [1.82, 2.24) is 10.2 Å². The van der Waals surface area contributed by atoms with Gasteiger partial charge in [-0.3, -0.25) is 9.59 Å². The van der Waals surface area contributed by atoms with Crippen LogP contribution in [0.5, 0.6) is 0 Å². The fourth-order valence-electron chi connectivity index (χ4n) is 3.65. The van der Waals surface area contributed by atoms with Crippen LogP contribution in [0.2, 0.25) is 0 Å². The van der Waals surface area contributed by atoms with E-state index in [0.29, 0.717) is 38.8 Å². The van der Waals surface area contributed by atoms with Crippen molar-refractivity contribution in [2.75, 3.05) is 13.1 Å². The highest BCUT2D eigenvalue weighted by Gasteiger charge is 2.22. The van der Waals surface area contributed by atoms with E-state index >= 15 is 0 Å². The van der Waals surface area contributed by atoms with Gasteiger partial charge >= 0.3 is 5.97 Å². The lowest BCUT2D eigenvalue weighted by Crippen LogP contribution is -2.46. The molecular formula is C31H44N2O4. The van der Waals surface area contributed by atoms with Gasteiger partial charge in [0.2, 0.25) is 11.8 Å². The third-order valence-electron chi connectivity index (χ3n) is 5.67. The smallest absolute Gasteiger partial charge is 0.328 e. The summed E-state index contributed by atoms with van der Waals surface area (Å²) in [5, 5.41) is 11.6. The van der Waals surface area contributed by atoms with E-state index in [4.69, 9.17) is 5.11 Å². The minimum Gasteiger partial charge on any atom is -0.478 e. The summed E-state index contributed by atoms with van der Waals surface area (Å²) < 4.78 is 0. The van der Waals surface area contributed by atoms with E-state index in [1.165, 1.54) is 0 Å². The molecule has 202 valence electrons. The number of allylic oxidation sites excluding steroid dienone is 12. The zero-order valence-corrected chi connectivity index (χ0v) is 22.3. The number of hydrogen-bond donors (Lipinski definition) is 2. The molecule has 0 aliphatic carbocycles. The predicted octanol–water partition coefficient (Wildman–Crippen LogP) is 6.21. The van der Waals surface area contributed by atoms with Gasteiger partial charge in [0.1, 0.15) is 0 Å². The second kappa shape index (κ2) is 21.8. The summed E-state index contributed by atoms with van der Waals surface area (Å²) >= 11 is 0. The van der Waals surface area contributed by atoms with Crippen LogP contribution in [-0.2, 0) is 14.4 Å². The second-order valence-electron chi connectivity index (χ2n) is 8.79. The van der Waals surface area contributed by atoms with Crippen LogP contribution in [0, 0.1) is 0 Å². The van der Waals surface area contributed by atoms with Gasteiger partial charge in [-0.2, -0.15) is 0 Å². The first-order valence-corrected chi connectivity index (χ1v) is 13.4. The van der Waals surface area contributed by atoms with E-state index in [-0.39, 0.29) is 17.9 Å². The minimum absolute atomic E-state index is 0.0232. The van der Waals surface area contributed by atoms with Crippen molar-refractivity contribution in [2.24, 2.45) is 0 Å². The lowest BCUT2D eigenvalue weighted by molar-refractivity contribution is -0.132. The number of hydrogen-bond acceptors (Lipinski definition) is 3. The van der Waals surface area contributed by atoms with Crippen LogP contribution >= 0.6 is 0 Å². The fraction of sp³-hybridized carbons (Fsp3) is 0.452. The molecule has 0 bridgehead atoms. The maximum atomic E-state index is 12.2. The molecule has 1 saturated heterocycles. The van der Waals surface area contributed by atoms with Crippen molar-refractivity contribution in [1.29, 1.82) is 0 Å². The second-order valence-corrected chi connectivity index (χ2v) is 8.79. The summed E-state index contributed by atoms with van der Waals surface area (Å²) in [7, 11) is 0. The summed E-state index contributed by atoms with van der Waals surface area (Å²) in [5.41, 5.74) is 0. The van der Waals surface area contributed by atoms with Crippen LogP contribution in [0.4, 0.5) is 0 Å². The molecule has 37 heavy (non-hydrogen) atoms. The molecule has 2 N–H and O–H groups in total. The molecule has 0 spiro atoms. The molecule has 1 aliphatic rings. The van der Waals surface area contributed by atoms with Gasteiger partial charge in [0.05, 0.1) is 0 Å². The SMILES string of the molecule is CCC=CCC=CCC=CCC=CCC=CCC=CCCC(=O)NC1CCN(C(=O)C=CC(=O)O)CC1. The Morgan fingerprint density at radius 3 is 1.65 bits per heavy atom. The highest BCUT2D eigenvalue weighted by atomic mass is 16.4. The molecule has 2 amide bonds. The molecule has 0 saturated carbocycles. The Morgan fingerprint density at radius 2 is 1.19 bits per heavy atom. The van der Waals surface area contributed by atoms with Crippen LogP contribution in [0.1, 0.15) is 71.1 Å². The number of carbonyl (C=O) groups is 3. The average molecular weight is 509 g/mol. The third kappa shape index (κ3) is 18.5. The van der Waals surface area contributed by atoms with Crippen LogP contribution in [-0.4, -0.2) is 46.9 Å². The monoisotopic (exact) mass is 508 g/mol. The number of piperidine rings is 1. The molecule has 0 atom stereocenters. The maximum absolute atomic E-state index is 12.2. The molecule has 0 aromatic carbocycles. The van der Waals surface area contributed by atoms with Crippen molar-refractivity contribution in [2.45, 2.75) is 77.2 Å². The molecule has 6 nitrogen and oxygen atoms in total. The average Bonchev–Trinajstić information content (AvgIpc) is 2.89. The summed E-state index contributed by atoms with van der Waals surface area (Å²) in [4.78, 5) is 36.2. The first kappa shape index (κ1) is 31.6. The first-order chi connectivity index (χ1) is 18.0. The van der Waals surface area contributed by atoms with E-state index in [0.717, 1.165) is 50.7 Å². The molecule has 1 rings (SSSR count). The highest BCUT2D eigenvalue weighted by Crippen LogP contribution is 2.11. The minimum atomic E-state index is -1.14. The van der Waals surface area contributed by atoms with Gasteiger partial charge in [-0.05, 0) is 57.8 Å². The van der Waals surface area contributed by atoms with Crippen molar-refractivity contribution in [3.63, 3.8) is 0 Å². The topological polar surface area (TPSA) is 86.7 Å². The first-order valence-electron chi connectivity index (χ1n) is 13.4. The number of nitrogens with one attached hydrogen (secondary N) is 1. The van der Waals surface area contributed by atoms with Gasteiger partial charge in [-0.15, -0.1) is 0 Å². The van der Waals surface area contributed by atoms with Crippen molar-refractivity contribution in [3.05, 3.63) is 85.1 Å². The van der Waals surface area contributed by atoms with E-state index in [9.17, 15) is 14.4 Å². The molecule has 1 heterocycles. The van der Waals surface area contributed by atoms with Crippen molar-refractivity contribution >= 4 is 17.8 Å². The molecule has 0 radical (unpaired) electrons. The maximum Gasteiger partial charge on any atom is 0.328 e. The zero-order valence-electron chi connectivity index (χ0n) is 22.3. The Labute approximate surface area is 222 Å². The standard InChI is InChI=1S/C31H44N2O4/c1-2-3-4-5-6-7-8-9-10-11-12-13-14-15-16-17-18-19-20-21-29(34)32-28-24-26-33(27-25-28)30(35)22-23-31(36)37/h3-4,6-7,9-10,12-13,15-16,18-19,22-23,28H,2,5,8,11,14,17,20-21,24-27H2,1H3,(H,32,34)(H,36,37). The molecule has 0 aromatic rings. The van der Waals surface area contributed by atoms with Gasteiger partial charge in [0, 0.05) is 37.7 Å². The zero-order chi connectivity index (χ0) is 27.0. The van der Waals surface area contributed by atoms with Gasteiger partial charge < -0.3 is 15.3 Å². The lowest BCUT2D eigenvalue weighted by atomic mass is 10.0. The quantitative estimate of drug-likeness (QED) is 0.181. The van der Waals surface area contributed by atoms with Gasteiger partial charge in [0.15, 0.2) is 0 Å². The molecule has 0 aromatic heterocycles. The lowest BCUT2D eigenvalue weighted by Gasteiger charge is -2.31. The number of carboxylic acids is 1. The Hall–Kier alpha value is -3.41. The molecular weight excluding hydrogens is 464 g/mol. The van der Waals surface area contributed by atoms with E-state index < -0.39 is 5.97 Å². The number of carboxylic acid groups (broad SMARTS) is 1. The van der Waals surface area contributed by atoms with Crippen molar-refractivity contribution in [3.8, 4) is 0 Å². The Morgan fingerprint density at radius 1 is 0.730 bits per heavy atom. The molecule has 1 aliphatic heterocycles. The predicted molar refractivity (Wildman–Crippen MR) is 152 cm³/mol. The van der Waals surface area contributed by atoms with E-state index in [1.54, 1.807) is 4.90 Å². The van der Waals surface area contributed by atoms with E-state index in [1.807, 2.05) is 6.08 Å². The van der Waals surface area contributed by atoms with Crippen LogP contribution in [0.3, 0.4) is 0 Å². The normalized spacial score (nSPS) is 15.6. The Bertz CT molecular complexity index is 870. The van der Waals surface area contributed by atoms with Crippen molar-refractivity contribution < 1.29 is 19.5 Å². The summed E-state index contributed by atoms with van der Waals surface area (Å²) in [6.45, 7) is 3.17. The molecule has 0 unspecified atom stereocenters. The van der Waals surface area contributed by atoms with Crippen LogP contribution < -0.4 is 5.32 Å². The van der Waals surface area contributed by atoms with Gasteiger partial charge in [-0.25, -0.2) is 4.79 Å². The number of likely N-dealkylation sites (tertiary alicyclic amines) is 1. The van der Waals surface area contributed by atoms with Crippen LogP contribution in [0.15, 0.2) is 85.1 Å². The molecule has 6 heteroatoms. The molecule has 1 fully saturated rings. The summed E-state index contributed by atoms with van der Waals surface area (Å²) in [6.07, 6.45) is 36.2. The van der Waals surface area contributed by atoms with Gasteiger partial charge in [0.25, 0.3) is 0 Å². The largest absolute Gasteiger partial charge is 0.478 e. The Kier molecular flexibility index (Phi) is 18.7. The number of amides is 2. The summed E-state index contributed by atoms with van der Waals surface area (Å²) in [6, 6.07) is 0.0604. The Balaban J connectivity index is 2.04. The number of carbonyl (C=O) groups excluding carboxylic acids is 2. The highest BCUT2D eigenvalue weighted by molar-refractivity contribution is 5.93. The van der Waals surface area contributed by atoms with Crippen LogP contribution in [0.25, 0.3) is 0 Å². The number of aliphatic carboxylic acids is 1. The number of rotatable bonds is 17. The van der Waals surface area contributed by atoms with Gasteiger partial charge in [-0.1, -0.05) is 79.8 Å².